The van der Waals surface area contributed by atoms with Crippen LogP contribution in [-0.4, -0.2) is 27.3 Å². The van der Waals surface area contributed by atoms with Gasteiger partial charge in [-0.2, -0.15) is 0 Å². The molecule has 0 amide bonds. The normalized spacial score (nSPS) is 16.3. The van der Waals surface area contributed by atoms with Crippen molar-refractivity contribution in [2.45, 2.75) is 50.2 Å². The minimum Gasteiger partial charge on any atom is -0.496 e. The van der Waals surface area contributed by atoms with Crippen LogP contribution in [0.4, 0.5) is 0 Å². The predicted molar refractivity (Wildman–Crippen MR) is 85.3 cm³/mol. The number of hydrogen-bond acceptors (Lipinski definition) is 4. The van der Waals surface area contributed by atoms with Gasteiger partial charge in [0, 0.05) is 12.1 Å². The molecule has 1 aromatic rings. The van der Waals surface area contributed by atoms with Gasteiger partial charge in [0.25, 0.3) is 0 Å². The molecule has 0 aromatic heterocycles. The van der Waals surface area contributed by atoms with Crippen LogP contribution in [0, 0.1) is 0 Å². The molecule has 0 heterocycles. The number of rotatable bonds is 7. The zero-order valence-corrected chi connectivity index (χ0v) is 13.7. The minimum absolute atomic E-state index is 0.0841. The topological polar surface area (TPSA) is 55.4 Å². The number of hydrogen-bond donors (Lipinski definition) is 1. The molecule has 0 bridgehead atoms. The Hall–Kier alpha value is -1.07. The van der Waals surface area contributed by atoms with Gasteiger partial charge in [-0.15, -0.1) is 0 Å². The third kappa shape index (κ3) is 4.20. The van der Waals surface area contributed by atoms with Gasteiger partial charge in [0.1, 0.15) is 5.75 Å². The second-order valence-electron chi connectivity index (χ2n) is 5.64. The lowest BCUT2D eigenvalue weighted by Gasteiger charge is -2.15. The van der Waals surface area contributed by atoms with Crippen LogP contribution in [0.15, 0.2) is 18.2 Å². The fraction of sp³-hybridized carbons (Fsp3) is 0.625. The Morgan fingerprint density at radius 3 is 2.62 bits per heavy atom. The van der Waals surface area contributed by atoms with Crippen LogP contribution in [0.2, 0.25) is 0 Å². The summed E-state index contributed by atoms with van der Waals surface area (Å²) in [5, 5.41) is 3.09. The molecule has 0 aliphatic heterocycles. The summed E-state index contributed by atoms with van der Waals surface area (Å²) < 4.78 is 30.4. The van der Waals surface area contributed by atoms with Gasteiger partial charge in [-0.1, -0.05) is 25.8 Å². The smallest absolute Gasteiger partial charge is 0.157 e. The number of sulfone groups is 1. The monoisotopic (exact) mass is 311 g/mol. The van der Waals surface area contributed by atoms with Crippen molar-refractivity contribution in [2.75, 3.05) is 13.7 Å². The maximum absolute atomic E-state index is 12.5. The van der Waals surface area contributed by atoms with E-state index in [1.165, 1.54) is 0 Å². The molecule has 1 aliphatic rings. The van der Waals surface area contributed by atoms with Crippen molar-refractivity contribution in [1.82, 2.24) is 5.32 Å². The highest BCUT2D eigenvalue weighted by Crippen LogP contribution is 2.30. The summed E-state index contributed by atoms with van der Waals surface area (Å²) in [5.41, 5.74) is 1.87. The second kappa shape index (κ2) is 7.27. The molecule has 118 valence electrons. The van der Waals surface area contributed by atoms with Crippen molar-refractivity contribution in [3.8, 4) is 5.75 Å². The molecule has 0 spiro atoms. The first-order chi connectivity index (χ1) is 10.1. The summed E-state index contributed by atoms with van der Waals surface area (Å²) >= 11 is 0. The Bertz CT molecular complexity index is 563. The van der Waals surface area contributed by atoms with Gasteiger partial charge in [0.05, 0.1) is 18.1 Å². The molecule has 1 fully saturated rings. The first-order valence-corrected chi connectivity index (χ1v) is 9.36. The summed E-state index contributed by atoms with van der Waals surface area (Å²) in [6, 6.07) is 5.80. The summed E-state index contributed by atoms with van der Waals surface area (Å²) in [6.45, 7) is 3.69. The molecule has 0 radical (unpaired) electrons. The third-order valence-corrected chi connectivity index (χ3v) is 6.29. The van der Waals surface area contributed by atoms with Crippen LogP contribution in [0.3, 0.4) is 0 Å². The van der Waals surface area contributed by atoms with Gasteiger partial charge in [0.15, 0.2) is 9.84 Å². The van der Waals surface area contributed by atoms with E-state index in [0.717, 1.165) is 49.9 Å². The first-order valence-electron chi connectivity index (χ1n) is 7.65. The average molecular weight is 311 g/mol. The second-order valence-corrected chi connectivity index (χ2v) is 7.92. The number of nitrogens with one attached hydrogen (secondary N) is 1. The zero-order chi connectivity index (χ0) is 15.3. The number of methoxy groups -OCH3 is 1. The van der Waals surface area contributed by atoms with Gasteiger partial charge in [-0.25, -0.2) is 8.42 Å². The Morgan fingerprint density at radius 1 is 1.29 bits per heavy atom. The summed E-state index contributed by atoms with van der Waals surface area (Å²) in [5.74, 6) is 0.748. The van der Waals surface area contributed by atoms with E-state index in [0.29, 0.717) is 5.75 Å². The lowest BCUT2D eigenvalue weighted by atomic mass is 10.1. The van der Waals surface area contributed by atoms with Crippen LogP contribution in [0.1, 0.15) is 43.7 Å². The Labute approximate surface area is 127 Å². The van der Waals surface area contributed by atoms with E-state index in [9.17, 15) is 8.42 Å². The van der Waals surface area contributed by atoms with E-state index in [1.54, 1.807) is 7.11 Å². The fourth-order valence-electron chi connectivity index (χ4n) is 2.91. The van der Waals surface area contributed by atoms with Crippen molar-refractivity contribution >= 4 is 9.84 Å². The highest BCUT2D eigenvalue weighted by molar-refractivity contribution is 7.91. The Morgan fingerprint density at radius 2 is 2.00 bits per heavy atom. The van der Waals surface area contributed by atoms with Crippen molar-refractivity contribution in [3.63, 3.8) is 0 Å². The molecule has 0 unspecified atom stereocenters. The highest BCUT2D eigenvalue weighted by Gasteiger charge is 2.29. The summed E-state index contributed by atoms with van der Waals surface area (Å²) in [4.78, 5) is 0. The van der Waals surface area contributed by atoms with E-state index in [2.05, 4.69) is 12.2 Å². The number of ether oxygens (including phenoxy) is 1. The summed E-state index contributed by atoms with van der Waals surface area (Å²) in [7, 11) is -1.50. The standard InChI is InChI=1S/C16H25NO3S/c1-3-17-11-13-8-9-16(20-2)14(10-13)12-21(18,19)15-6-4-5-7-15/h8-10,15,17H,3-7,11-12H2,1-2H3. The largest absolute Gasteiger partial charge is 0.496 e. The lowest BCUT2D eigenvalue weighted by molar-refractivity contribution is 0.410. The highest BCUT2D eigenvalue weighted by atomic mass is 32.2. The Balaban J connectivity index is 2.20. The average Bonchev–Trinajstić information content (AvgIpc) is 3.00. The van der Waals surface area contributed by atoms with Crippen LogP contribution < -0.4 is 10.1 Å². The van der Waals surface area contributed by atoms with Crippen molar-refractivity contribution in [2.24, 2.45) is 0 Å². The maximum atomic E-state index is 12.5. The quantitative estimate of drug-likeness (QED) is 0.841. The molecule has 4 nitrogen and oxygen atoms in total. The van der Waals surface area contributed by atoms with Crippen LogP contribution in [-0.2, 0) is 22.1 Å². The molecule has 0 atom stereocenters. The minimum atomic E-state index is -3.08. The van der Waals surface area contributed by atoms with E-state index >= 15 is 0 Å². The van der Waals surface area contributed by atoms with Crippen molar-refractivity contribution in [1.29, 1.82) is 0 Å². The van der Waals surface area contributed by atoms with E-state index in [-0.39, 0.29) is 11.0 Å². The number of benzene rings is 1. The molecule has 2 rings (SSSR count). The first kappa shape index (κ1) is 16.3. The van der Waals surface area contributed by atoms with E-state index < -0.39 is 9.84 Å². The van der Waals surface area contributed by atoms with Crippen LogP contribution in [0.25, 0.3) is 0 Å². The van der Waals surface area contributed by atoms with Crippen molar-refractivity contribution < 1.29 is 13.2 Å². The van der Waals surface area contributed by atoms with Gasteiger partial charge in [-0.05, 0) is 37.1 Å². The van der Waals surface area contributed by atoms with E-state index in [4.69, 9.17) is 4.74 Å². The van der Waals surface area contributed by atoms with Gasteiger partial charge in [-0.3, -0.25) is 0 Å². The molecular formula is C16H25NO3S. The third-order valence-electron chi connectivity index (χ3n) is 4.09. The van der Waals surface area contributed by atoms with Gasteiger partial charge >= 0.3 is 0 Å². The SMILES string of the molecule is CCNCc1ccc(OC)c(CS(=O)(=O)C2CCCC2)c1. The van der Waals surface area contributed by atoms with Crippen molar-refractivity contribution in [3.05, 3.63) is 29.3 Å². The molecule has 1 N–H and O–H groups in total. The molecule has 1 saturated carbocycles. The van der Waals surface area contributed by atoms with Gasteiger partial charge < -0.3 is 10.1 Å². The molecule has 5 heteroatoms. The van der Waals surface area contributed by atoms with Crippen LogP contribution in [0.5, 0.6) is 5.75 Å². The Kier molecular flexibility index (Phi) is 5.65. The molecule has 1 aromatic carbocycles. The molecular weight excluding hydrogens is 286 g/mol. The fourth-order valence-corrected chi connectivity index (χ4v) is 4.85. The van der Waals surface area contributed by atoms with Gasteiger partial charge in [0.2, 0.25) is 0 Å². The van der Waals surface area contributed by atoms with E-state index in [1.807, 2.05) is 18.2 Å². The van der Waals surface area contributed by atoms with Crippen LogP contribution >= 0.6 is 0 Å². The molecule has 21 heavy (non-hydrogen) atoms. The zero-order valence-electron chi connectivity index (χ0n) is 12.9. The predicted octanol–water partition coefficient (Wildman–Crippen LogP) is 2.66. The summed E-state index contributed by atoms with van der Waals surface area (Å²) in [6.07, 6.45) is 3.67. The molecule has 1 aliphatic carbocycles. The maximum Gasteiger partial charge on any atom is 0.157 e. The lowest BCUT2D eigenvalue weighted by Crippen LogP contribution is -2.20. The molecule has 0 saturated heterocycles.